The van der Waals surface area contributed by atoms with Crippen molar-refractivity contribution in [1.82, 2.24) is 19.9 Å². The molecule has 5 rings (SSSR count). The number of aryl methyl sites for hydroxylation is 2. The molecule has 2 aromatic heterocycles. The number of nitrogens with one attached hydrogen (secondary N) is 2. The molecule has 0 unspecified atom stereocenters. The molecule has 0 atom stereocenters. The maximum absolute atomic E-state index is 6.01. The zero-order valence-electron chi connectivity index (χ0n) is 20.0. The highest BCUT2D eigenvalue weighted by Crippen LogP contribution is 2.35. The van der Waals surface area contributed by atoms with E-state index in [1.807, 2.05) is 12.1 Å². The molecule has 0 radical (unpaired) electrons. The summed E-state index contributed by atoms with van der Waals surface area (Å²) in [5.41, 5.74) is 5.33. The molecule has 1 aliphatic rings. The largest absolute Gasteiger partial charge is 0.493 e. The number of ether oxygens (including phenoxy) is 2. The lowest BCUT2D eigenvalue weighted by Gasteiger charge is -2.13. The first kappa shape index (κ1) is 22.2. The average Bonchev–Trinajstić information content (AvgIpc) is 3.46. The average molecular weight is 458 g/mol. The maximum atomic E-state index is 6.01. The number of hydrogen-bond acceptors (Lipinski definition) is 6. The van der Waals surface area contributed by atoms with Gasteiger partial charge in [-0.15, -0.1) is 0 Å². The lowest BCUT2D eigenvalue weighted by Crippen LogP contribution is -2.18. The third-order valence-electron chi connectivity index (χ3n) is 6.56. The van der Waals surface area contributed by atoms with Gasteiger partial charge >= 0.3 is 0 Å². The van der Waals surface area contributed by atoms with Gasteiger partial charge in [0, 0.05) is 40.3 Å². The third kappa shape index (κ3) is 4.56. The molecule has 0 aliphatic carbocycles. The zero-order valence-corrected chi connectivity index (χ0v) is 20.0. The zero-order chi connectivity index (χ0) is 23.5. The van der Waals surface area contributed by atoms with Gasteiger partial charge in [0.2, 0.25) is 0 Å². The first-order valence-electron chi connectivity index (χ1n) is 11.8. The number of nitrogens with zero attached hydrogens (tertiary/aromatic N) is 3. The summed E-state index contributed by atoms with van der Waals surface area (Å²) in [4.78, 5) is 14.8. The van der Waals surface area contributed by atoms with Crippen molar-refractivity contribution < 1.29 is 9.47 Å². The van der Waals surface area contributed by atoms with Gasteiger partial charge in [0.15, 0.2) is 11.5 Å². The van der Waals surface area contributed by atoms with Crippen LogP contribution in [-0.4, -0.2) is 53.2 Å². The summed E-state index contributed by atoms with van der Waals surface area (Å²) < 4.78 is 11.6. The molecule has 1 fully saturated rings. The molecule has 1 saturated heterocycles. The van der Waals surface area contributed by atoms with E-state index in [0.29, 0.717) is 18.1 Å². The molecule has 7 nitrogen and oxygen atoms in total. The summed E-state index contributed by atoms with van der Waals surface area (Å²) in [7, 11) is 1.65. The first-order valence-corrected chi connectivity index (χ1v) is 11.8. The van der Waals surface area contributed by atoms with Gasteiger partial charge in [0.25, 0.3) is 0 Å². The molecule has 2 aromatic carbocycles. The summed E-state index contributed by atoms with van der Waals surface area (Å²) in [6, 6.07) is 10.1. The van der Waals surface area contributed by atoms with Crippen molar-refractivity contribution in [3.8, 4) is 11.5 Å². The van der Waals surface area contributed by atoms with Crippen LogP contribution in [0.25, 0.3) is 21.8 Å². The van der Waals surface area contributed by atoms with Crippen molar-refractivity contribution in [3.05, 3.63) is 60.1 Å². The van der Waals surface area contributed by atoms with Crippen LogP contribution in [0.1, 0.15) is 24.1 Å². The minimum Gasteiger partial charge on any atom is -0.493 e. The van der Waals surface area contributed by atoms with Gasteiger partial charge in [-0.1, -0.05) is 12.2 Å². The molecule has 176 valence electrons. The van der Waals surface area contributed by atoms with Crippen molar-refractivity contribution in [2.75, 3.05) is 38.7 Å². The third-order valence-corrected chi connectivity index (χ3v) is 6.56. The summed E-state index contributed by atoms with van der Waals surface area (Å²) in [6.07, 6.45) is 8.42. The SMILES string of the molecule is COc1cc2c(Nc3ccc4[nH]c(C)c(C)c4c3)ncnc2cc1OCC=CCN1CCCC1. The minimum atomic E-state index is 0.487. The Bertz CT molecular complexity index is 1340. The number of fused-ring (bicyclic) bond motifs is 2. The smallest absolute Gasteiger partial charge is 0.163 e. The number of likely N-dealkylation sites (tertiary alicyclic amines) is 1. The predicted octanol–water partition coefficient (Wildman–Crippen LogP) is 5.51. The van der Waals surface area contributed by atoms with Crippen molar-refractivity contribution in [1.29, 1.82) is 0 Å². The van der Waals surface area contributed by atoms with E-state index in [2.05, 4.69) is 69.4 Å². The second-order valence-corrected chi connectivity index (χ2v) is 8.79. The van der Waals surface area contributed by atoms with Crippen LogP contribution in [0.15, 0.2) is 48.8 Å². The number of hydrogen-bond donors (Lipinski definition) is 2. The maximum Gasteiger partial charge on any atom is 0.163 e. The Morgan fingerprint density at radius 2 is 1.88 bits per heavy atom. The highest BCUT2D eigenvalue weighted by molar-refractivity contribution is 5.94. The Hall–Kier alpha value is -3.58. The van der Waals surface area contributed by atoms with Crippen LogP contribution in [0.5, 0.6) is 11.5 Å². The van der Waals surface area contributed by atoms with E-state index in [9.17, 15) is 0 Å². The van der Waals surface area contributed by atoms with Crippen LogP contribution in [-0.2, 0) is 0 Å². The van der Waals surface area contributed by atoms with Crippen LogP contribution in [0.3, 0.4) is 0 Å². The van der Waals surface area contributed by atoms with Gasteiger partial charge in [-0.25, -0.2) is 9.97 Å². The van der Waals surface area contributed by atoms with E-state index in [0.717, 1.165) is 34.5 Å². The highest BCUT2D eigenvalue weighted by Gasteiger charge is 2.13. The first-order chi connectivity index (χ1) is 16.6. The van der Waals surface area contributed by atoms with E-state index in [1.54, 1.807) is 13.4 Å². The normalized spacial score (nSPS) is 14.4. The van der Waals surface area contributed by atoms with Gasteiger partial charge < -0.3 is 19.8 Å². The molecular formula is C27H31N5O2. The molecular weight excluding hydrogens is 426 g/mol. The Kier molecular flexibility index (Phi) is 6.36. The van der Waals surface area contributed by atoms with Crippen molar-refractivity contribution in [3.63, 3.8) is 0 Å². The molecule has 2 N–H and O–H groups in total. The second-order valence-electron chi connectivity index (χ2n) is 8.79. The van der Waals surface area contributed by atoms with Gasteiger partial charge in [-0.2, -0.15) is 0 Å². The molecule has 0 bridgehead atoms. The number of anilines is 2. The molecule has 0 spiro atoms. The number of methoxy groups -OCH3 is 1. The monoisotopic (exact) mass is 457 g/mol. The Labute approximate surface area is 199 Å². The quantitative estimate of drug-likeness (QED) is 0.340. The Morgan fingerprint density at radius 3 is 2.71 bits per heavy atom. The lowest BCUT2D eigenvalue weighted by molar-refractivity contribution is 0.325. The second kappa shape index (κ2) is 9.73. The van der Waals surface area contributed by atoms with E-state index in [1.165, 1.54) is 42.6 Å². The molecule has 34 heavy (non-hydrogen) atoms. The molecule has 7 heteroatoms. The minimum absolute atomic E-state index is 0.487. The van der Waals surface area contributed by atoms with E-state index < -0.39 is 0 Å². The van der Waals surface area contributed by atoms with Crippen molar-refractivity contribution >= 4 is 33.3 Å². The molecule has 1 aliphatic heterocycles. The fourth-order valence-corrected chi connectivity index (χ4v) is 4.51. The summed E-state index contributed by atoms with van der Waals surface area (Å²) in [6.45, 7) is 8.08. The van der Waals surface area contributed by atoms with E-state index in [-0.39, 0.29) is 0 Å². The van der Waals surface area contributed by atoms with Gasteiger partial charge in [0.1, 0.15) is 18.8 Å². The van der Waals surface area contributed by atoms with Gasteiger partial charge in [-0.05, 0) is 69.6 Å². The molecule has 0 saturated carbocycles. The van der Waals surface area contributed by atoms with Crippen LogP contribution < -0.4 is 14.8 Å². The number of H-pyrrole nitrogens is 1. The van der Waals surface area contributed by atoms with Crippen molar-refractivity contribution in [2.24, 2.45) is 0 Å². The number of aromatic amines is 1. The molecule has 0 amide bonds. The van der Waals surface area contributed by atoms with Gasteiger partial charge in [-0.3, -0.25) is 4.90 Å². The van der Waals surface area contributed by atoms with Crippen LogP contribution >= 0.6 is 0 Å². The van der Waals surface area contributed by atoms with E-state index >= 15 is 0 Å². The summed E-state index contributed by atoms with van der Waals surface area (Å²) in [5.74, 6) is 2.06. The molecule has 3 heterocycles. The van der Waals surface area contributed by atoms with Crippen LogP contribution in [0.4, 0.5) is 11.5 Å². The van der Waals surface area contributed by atoms with Crippen LogP contribution in [0.2, 0.25) is 0 Å². The topological polar surface area (TPSA) is 75.3 Å². The summed E-state index contributed by atoms with van der Waals surface area (Å²) in [5, 5.41) is 5.53. The fourth-order valence-electron chi connectivity index (χ4n) is 4.51. The Balaban J connectivity index is 1.35. The van der Waals surface area contributed by atoms with Crippen LogP contribution in [0, 0.1) is 13.8 Å². The number of rotatable bonds is 8. The summed E-state index contributed by atoms with van der Waals surface area (Å²) >= 11 is 0. The standard InChI is InChI=1S/C27H31N5O2/c1-18-19(2)30-23-9-8-20(14-21(18)23)31-27-22-15-25(33-3)26(16-24(22)28-17-29-27)34-13-7-6-12-32-10-4-5-11-32/h6-9,14-17,30H,4-5,10-13H2,1-3H3,(H,28,29,31). The van der Waals surface area contributed by atoms with Gasteiger partial charge in [0.05, 0.1) is 12.6 Å². The Morgan fingerprint density at radius 1 is 1.03 bits per heavy atom. The number of aromatic nitrogens is 3. The molecule has 4 aromatic rings. The lowest BCUT2D eigenvalue weighted by atomic mass is 10.1. The predicted molar refractivity (Wildman–Crippen MR) is 137 cm³/mol. The van der Waals surface area contributed by atoms with E-state index in [4.69, 9.17) is 9.47 Å². The number of benzene rings is 2. The highest BCUT2D eigenvalue weighted by atomic mass is 16.5. The van der Waals surface area contributed by atoms with Crippen molar-refractivity contribution in [2.45, 2.75) is 26.7 Å². The fraction of sp³-hybridized carbons (Fsp3) is 0.333.